The molecule has 26 heavy (non-hydrogen) atoms. The zero-order chi connectivity index (χ0) is 19.5. The van der Waals surface area contributed by atoms with Gasteiger partial charge < -0.3 is 10.1 Å². The van der Waals surface area contributed by atoms with Crippen molar-refractivity contribution in [3.05, 3.63) is 29.3 Å². The molecule has 146 valence electrons. The summed E-state index contributed by atoms with van der Waals surface area (Å²) < 4.78 is 70.8. The Morgan fingerprint density at radius 1 is 1.31 bits per heavy atom. The highest BCUT2D eigenvalue weighted by atomic mass is 32.2. The zero-order valence-corrected chi connectivity index (χ0v) is 15.3. The van der Waals surface area contributed by atoms with Crippen LogP contribution in [0.5, 0.6) is 0 Å². The van der Waals surface area contributed by atoms with Gasteiger partial charge in [-0.15, -0.1) is 0 Å². The fraction of sp³-hybridized carbons (Fsp3) is 0.562. The van der Waals surface area contributed by atoms with Crippen molar-refractivity contribution in [3.63, 3.8) is 0 Å². The van der Waals surface area contributed by atoms with Gasteiger partial charge in [0.05, 0.1) is 23.1 Å². The number of carbonyl (C=O) groups excluding carboxylic acids is 1. The highest BCUT2D eigenvalue weighted by Crippen LogP contribution is 2.35. The quantitative estimate of drug-likeness (QED) is 0.775. The summed E-state index contributed by atoms with van der Waals surface area (Å²) in [6.45, 7) is 1.25. The molecular weight excluding hydrogens is 373 g/mol. The number of hydrogen-bond donors (Lipinski definition) is 1. The number of nitrogens with one attached hydrogen (secondary N) is 1. The van der Waals surface area contributed by atoms with Crippen molar-refractivity contribution in [3.8, 4) is 0 Å². The number of piperidine rings is 1. The van der Waals surface area contributed by atoms with E-state index < -0.39 is 38.2 Å². The number of methoxy groups -OCH3 is 1. The summed E-state index contributed by atoms with van der Waals surface area (Å²) in [5, 5.41) is 3.03. The van der Waals surface area contributed by atoms with Gasteiger partial charge in [0.1, 0.15) is 0 Å². The van der Waals surface area contributed by atoms with Gasteiger partial charge in [0, 0.05) is 13.1 Å². The van der Waals surface area contributed by atoms with Crippen molar-refractivity contribution in [1.29, 1.82) is 0 Å². The normalized spacial score (nSPS) is 17.3. The Hall–Kier alpha value is -1.65. The lowest BCUT2D eigenvalue weighted by Gasteiger charge is -2.31. The van der Waals surface area contributed by atoms with E-state index in [2.05, 4.69) is 10.1 Å². The molecule has 1 aliphatic rings. The van der Waals surface area contributed by atoms with Gasteiger partial charge in [0.25, 0.3) is 0 Å². The lowest BCUT2D eigenvalue weighted by atomic mass is 9.98. The lowest BCUT2D eigenvalue weighted by molar-refractivity contribution is -0.138. The molecule has 1 aromatic carbocycles. The highest BCUT2D eigenvalue weighted by Gasteiger charge is 2.38. The third-order valence-electron chi connectivity index (χ3n) is 4.41. The average Bonchev–Trinajstić information content (AvgIpc) is 2.60. The summed E-state index contributed by atoms with van der Waals surface area (Å²) in [6.07, 6.45) is -3.62. The van der Waals surface area contributed by atoms with Crippen LogP contribution in [0.4, 0.5) is 13.2 Å². The number of esters is 1. The fourth-order valence-corrected chi connectivity index (χ4v) is 4.49. The van der Waals surface area contributed by atoms with E-state index in [4.69, 9.17) is 0 Å². The van der Waals surface area contributed by atoms with Gasteiger partial charge in [-0.05, 0) is 50.6 Å². The summed E-state index contributed by atoms with van der Waals surface area (Å²) in [4.78, 5) is 11.1. The second kappa shape index (κ2) is 7.93. The second-order valence-electron chi connectivity index (χ2n) is 6.10. The topological polar surface area (TPSA) is 75.7 Å². The lowest BCUT2D eigenvalue weighted by Crippen LogP contribution is -2.40. The Balaban J connectivity index is 2.34. The van der Waals surface area contributed by atoms with Crippen LogP contribution >= 0.6 is 0 Å². The van der Waals surface area contributed by atoms with E-state index in [9.17, 15) is 26.4 Å². The van der Waals surface area contributed by atoms with E-state index in [0.29, 0.717) is 24.8 Å². The molecule has 1 N–H and O–H groups in total. The minimum Gasteiger partial charge on any atom is -0.465 e. The highest BCUT2D eigenvalue weighted by molar-refractivity contribution is 7.89. The van der Waals surface area contributed by atoms with Crippen LogP contribution in [0.3, 0.4) is 0 Å². The van der Waals surface area contributed by atoms with Gasteiger partial charge in [-0.25, -0.2) is 13.2 Å². The van der Waals surface area contributed by atoms with Crippen LogP contribution in [0.25, 0.3) is 0 Å². The van der Waals surface area contributed by atoms with Gasteiger partial charge in [0.2, 0.25) is 10.0 Å². The molecule has 0 radical (unpaired) electrons. The third-order valence-corrected chi connectivity index (χ3v) is 6.30. The van der Waals surface area contributed by atoms with Crippen LogP contribution in [0, 0.1) is 5.92 Å². The standard InChI is InChI=1S/C16H21F3N2O4S/c1-20-10-11-5-7-21(8-6-11)26(23,24)12-3-4-13(15(22)25-2)14(9-12)16(17,18)19/h3-4,9,11,20H,5-8,10H2,1-2H3. The number of benzene rings is 1. The molecule has 0 atom stereocenters. The number of alkyl halides is 3. The summed E-state index contributed by atoms with van der Waals surface area (Å²) >= 11 is 0. The molecule has 1 fully saturated rings. The van der Waals surface area contributed by atoms with Gasteiger partial charge in [-0.2, -0.15) is 17.5 Å². The maximum atomic E-state index is 13.3. The Kier molecular flexibility index (Phi) is 6.30. The number of hydrogen-bond acceptors (Lipinski definition) is 5. The molecule has 1 saturated heterocycles. The van der Waals surface area contributed by atoms with Crippen molar-refractivity contribution >= 4 is 16.0 Å². The van der Waals surface area contributed by atoms with E-state index in [-0.39, 0.29) is 13.1 Å². The molecule has 2 rings (SSSR count). The van der Waals surface area contributed by atoms with Crippen LogP contribution < -0.4 is 5.32 Å². The molecule has 0 spiro atoms. The van der Waals surface area contributed by atoms with Crippen molar-refractivity contribution in [2.45, 2.75) is 23.9 Å². The predicted molar refractivity (Wildman–Crippen MR) is 88.2 cm³/mol. The summed E-state index contributed by atoms with van der Waals surface area (Å²) in [7, 11) is -1.30. The van der Waals surface area contributed by atoms with E-state index in [1.165, 1.54) is 4.31 Å². The maximum absolute atomic E-state index is 13.3. The fourth-order valence-electron chi connectivity index (χ4n) is 3.00. The molecule has 0 aliphatic carbocycles. The van der Waals surface area contributed by atoms with Gasteiger partial charge in [0.15, 0.2) is 0 Å². The summed E-state index contributed by atoms with van der Waals surface area (Å²) in [5.74, 6) is -0.840. The summed E-state index contributed by atoms with van der Waals surface area (Å²) in [5.41, 5.74) is -2.04. The maximum Gasteiger partial charge on any atom is 0.417 e. The Morgan fingerprint density at radius 2 is 1.92 bits per heavy atom. The molecule has 0 unspecified atom stereocenters. The first-order chi connectivity index (χ1) is 12.1. The first-order valence-corrected chi connectivity index (χ1v) is 9.49. The molecule has 1 aliphatic heterocycles. The smallest absolute Gasteiger partial charge is 0.417 e. The van der Waals surface area contributed by atoms with Crippen LogP contribution in [0.2, 0.25) is 0 Å². The van der Waals surface area contributed by atoms with Gasteiger partial charge >= 0.3 is 12.1 Å². The van der Waals surface area contributed by atoms with Crippen molar-refractivity contribution < 1.29 is 31.1 Å². The summed E-state index contributed by atoms with van der Waals surface area (Å²) in [6, 6.07) is 2.35. The number of halogens is 3. The Morgan fingerprint density at radius 3 is 2.42 bits per heavy atom. The van der Waals surface area contributed by atoms with Crippen LogP contribution in [-0.4, -0.2) is 52.5 Å². The van der Waals surface area contributed by atoms with Crippen LogP contribution in [0.15, 0.2) is 23.1 Å². The van der Waals surface area contributed by atoms with Crippen LogP contribution in [-0.2, 0) is 20.9 Å². The molecule has 6 nitrogen and oxygen atoms in total. The number of sulfonamides is 1. The Labute approximate surface area is 150 Å². The Bertz CT molecular complexity index is 757. The predicted octanol–water partition coefficient (Wildman–Crippen LogP) is 2.11. The minimum atomic E-state index is -4.88. The average molecular weight is 394 g/mol. The van der Waals surface area contributed by atoms with E-state index in [1.54, 1.807) is 0 Å². The van der Waals surface area contributed by atoms with Crippen LogP contribution in [0.1, 0.15) is 28.8 Å². The number of carbonyl (C=O) groups is 1. The number of rotatable bonds is 5. The molecule has 1 aromatic rings. The van der Waals surface area contributed by atoms with Crippen molar-refractivity contribution in [2.75, 3.05) is 33.8 Å². The number of ether oxygens (including phenoxy) is 1. The molecule has 0 saturated carbocycles. The third kappa shape index (κ3) is 4.36. The molecular formula is C16H21F3N2O4S. The second-order valence-corrected chi connectivity index (χ2v) is 8.04. The minimum absolute atomic E-state index is 0.245. The van der Waals surface area contributed by atoms with Gasteiger partial charge in [-0.1, -0.05) is 0 Å². The zero-order valence-electron chi connectivity index (χ0n) is 14.5. The molecule has 0 amide bonds. The van der Waals surface area contributed by atoms with Gasteiger partial charge in [-0.3, -0.25) is 0 Å². The molecule has 10 heteroatoms. The number of nitrogens with zero attached hydrogens (tertiary/aromatic N) is 1. The SMILES string of the molecule is CNCC1CCN(S(=O)(=O)c2ccc(C(=O)OC)c(C(F)(F)F)c2)CC1. The first-order valence-electron chi connectivity index (χ1n) is 8.05. The monoisotopic (exact) mass is 394 g/mol. The largest absolute Gasteiger partial charge is 0.465 e. The molecule has 0 aromatic heterocycles. The van der Waals surface area contributed by atoms with Crippen molar-refractivity contribution in [1.82, 2.24) is 9.62 Å². The van der Waals surface area contributed by atoms with E-state index in [0.717, 1.165) is 25.8 Å². The first kappa shape index (κ1) is 20.7. The molecule has 1 heterocycles. The molecule has 0 bridgehead atoms. The van der Waals surface area contributed by atoms with E-state index >= 15 is 0 Å². The van der Waals surface area contributed by atoms with E-state index in [1.807, 2.05) is 7.05 Å². The van der Waals surface area contributed by atoms with Crippen molar-refractivity contribution in [2.24, 2.45) is 5.92 Å².